The molecule has 0 aliphatic rings. The molecule has 1 heterocycles. The topological polar surface area (TPSA) is 63.6 Å². The van der Waals surface area contributed by atoms with Crippen molar-refractivity contribution in [3.05, 3.63) is 28.0 Å². The Morgan fingerprint density at radius 2 is 2.12 bits per heavy atom. The summed E-state index contributed by atoms with van der Waals surface area (Å²) in [5.41, 5.74) is -1.15. The molecule has 0 radical (unpaired) electrons. The van der Waals surface area contributed by atoms with Crippen molar-refractivity contribution in [2.75, 3.05) is 7.11 Å². The van der Waals surface area contributed by atoms with Gasteiger partial charge in [-0.05, 0) is 31.4 Å². The number of hydrogen-bond acceptors (Lipinski definition) is 4. The number of ether oxygens (including phenoxy) is 1. The SMILES string of the molecule is COC(=O)/C(=C/c1cccs1)C(C)(C)C(=O)O. The van der Waals surface area contributed by atoms with Crippen molar-refractivity contribution < 1.29 is 19.4 Å². The molecule has 0 fully saturated rings. The third-order valence-corrected chi connectivity index (χ3v) is 3.26. The molecule has 1 aromatic rings. The fourth-order valence-corrected chi connectivity index (χ4v) is 1.89. The second kappa shape index (κ2) is 5.14. The first-order valence-electron chi connectivity index (χ1n) is 4.97. The molecule has 1 aromatic heterocycles. The predicted molar refractivity (Wildman–Crippen MR) is 65.7 cm³/mol. The van der Waals surface area contributed by atoms with Crippen molar-refractivity contribution in [2.45, 2.75) is 13.8 Å². The quantitative estimate of drug-likeness (QED) is 0.662. The van der Waals surface area contributed by atoms with Crippen LogP contribution in [0.1, 0.15) is 18.7 Å². The van der Waals surface area contributed by atoms with Gasteiger partial charge in [0.25, 0.3) is 0 Å². The lowest BCUT2D eigenvalue weighted by molar-refractivity contribution is -0.148. The largest absolute Gasteiger partial charge is 0.481 e. The number of carboxylic acids is 1. The second-order valence-electron chi connectivity index (χ2n) is 4.00. The fraction of sp³-hybridized carbons (Fsp3) is 0.333. The lowest BCUT2D eigenvalue weighted by atomic mass is 9.83. The van der Waals surface area contributed by atoms with Crippen LogP contribution in [-0.4, -0.2) is 24.2 Å². The summed E-state index contributed by atoms with van der Waals surface area (Å²) in [7, 11) is 1.24. The minimum Gasteiger partial charge on any atom is -0.481 e. The third kappa shape index (κ3) is 2.94. The first-order chi connectivity index (χ1) is 7.89. The van der Waals surface area contributed by atoms with Crippen molar-refractivity contribution in [2.24, 2.45) is 5.41 Å². The molecule has 1 N–H and O–H groups in total. The van der Waals surface area contributed by atoms with Crippen molar-refractivity contribution in [3.8, 4) is 0 Å². The minimum absolute atomic E-state index is 0.134. The summed E-state index contributed by atoms with van der Waals surface area (Å²) in [6.07, 6.45) is 1.56. The minimum atomic E-state index is -1.28. The normalized spacial score (nSPS) is 12.3. The summed E-state index contributed by atoms with van der Waals surface area (Å²) in [6, 6.07) is 3.64. The van der Waals surface area contributed by atoms with Gasteiger partial charge < -0.3 is 9.84 Å². The number of rotatable bonds is 4. The smallest absolute Gasteiger partial charge is 0.334 e. The van der Waals surface area contributed by atoms with Gasteiger partial charge >= 0.3 is 11.9 Å². The Kier molecular flexibility index (Phi) is 4.07. The number of carbonyl (C=O) groups is 2. The van der Waals surface area contributed by atoms with E-state index in [0.29, 0.717) is 0 Å². The van der Waals surface area contributed by atoms with E-state index in [2.05, 4.69) is 4.74 Å². The molecule has 0 bridgehead atoms. The molecule has 4 nitrogen and oxygen atoms in total. The summed E-state index contributed by atoms with van der Waals surface area (Å²) in [5.74, 6) is -1.68. The number of hydrogen-bond donors (Lipinski definition) is 1. The van der Waals surface area contributed by atoms with E-state index in [0.717, 1.165) is 4.88 Å². The Morgan fingerprint density at radius 1 is 1.47 bits per heavy atom. The van der Waals surface area contributed by atoms with Crippen LogP contribution in [0.2, 0.25) is 0 Å². The molecule has 0 unspecified atom stereocenters. The first kappa shape index (κ1) is 13.4. The maximum atomic E-state index is 11.6. The van der Waals surface area contributed by atoms with Gasteiger partial charge in [0.05, 0.1) is 18.1 Å². The van der Waals surface area contributed by atoms with Gasteiger partial charge in [-0.25, -0.2) is 4.79 Å². The van der Waals surface area contributed by atoms with Gasteiger partial charge in [0.15, 0.2) is 0 Å². The van der Waals surface area contributed by atoms with Crippen LogP contribution in [0.25, 0.3) is 6.08 Å². The van der Waals surface area contributed by atoms with Gasteiger partial charge in [0.2, 0.25) is 0 Å². The van der Waals surface area contributed by atoms with Crippen LogP contribution in [0, 0.1) is 5.41 Å². The van der Waals surface area contributed by atoms with Crippen LogP contribution in [0.3, 0.4) is 0 Å². The van der Waals surface area contributed by atoms with Crippen LogP contribution in [0.15, 0.2) is 23.1 Å². The lowest BCUT2D eigenvalue weighted by Crippen LogP contribution is -2.30. The zero-order valence-electron chi connectivity index (χ0n) is 9.89. The first-order valence-corrected chi connectivity index (χ1v) is 5.85. The van der Waals surface area contributed by atoms with Gasteiger partial charge in [-0.1, -0.05) is 6.07 Å². The average Bonchev–Trinajstić information content (AvgIpc) is 2.77. The highest BCUT2D eigenvalue weighted by atomic mass is 32.1. The van der Waals surface area contributed by atoms with Gasteiger partial charge in [-0.2, -0.15) is 0 Å². The number of esters is 1. The number of aliphatic carboxylic acids is 1. The maximum Gasteiger partial charge on any atom is 0.334 e. The molecule has 0 aliphatic heterocycles. The molecule has 17 heavy (non-hydrogen) atoms. The standard InChI is InChI=1S/C12H14O4S/c1-12(2,11(14)15)9(10(13)16-3)7-8-5-4-6-17-8/h4-7H,1-3H3,(H,14,15)/b9-7-. The Labute approximate surface area is 104 Å². The molecule has 0 saturated heterocycles. The molecule has 1 rings (SSSR count). The van der Waals surface area contributed by atoms with Crippen molar-refractivity contribution in [1.82, 2.24) is 0 Å². The Balaban J connectivity index is 3.22. The van der Waals surface area contributed by atoms with Gasteiger partial charge in [0, 0.05) is 4.88 Å². The number of methoxy groups -OCH3 is 1. The van der Waals surface area contributed by atoms with E-state index >= 15 is 0 Å². The zero-order valence-corrected chi connectivity index (χ0v) is 10.7. The highest BCUT2D eigenvalue weighted by Crippen LogP contribution is 2.30. The van der Waals surface area contributed by atoms with Crippen LogP contribution in [0.4, 0.5) is 0 Å². The maximum absolute atomic E-state index is 11.6. The zero-order chi connectivity index (χ0) is 13.1. The van der Waals surface area contributed by atoms with Crippen LogP contribution < -0.4 is 0 Å². The molecular formula is C12H14O4S. The number of thiophene rings is 1. The van der Waals surface area contributed by atoms with E-state index in [1.807, 2.05) is 17.5 Å². The van der Waals surface area contributed by atoms with E-state index in [4.69, 9.17) is 5.11 Å². The van der Waals surface area contributed by atoms with Gasteiger partial charge in [0.1, 0.15) is 0 Å². The summed E-state index contributed by atoms with van der Waals surface area (Å²) >= 11 is 1.43. The van der Waals surface area contributed by atoms with Crippen LogP contribution >= 0.6 is 11.3 Å². The highest BCUT2D eigenvalue weighted by molar-refractivity contribution is 7.10. The van der Waals surface area contributed by atoms with E-state index in [-0.39, 0.29) is 5.57 Å². The van der Waals surface area contributed by atoms with Gasteiger partial charge in [-0.3, -0.25) is 4.79 Å². The lowest BCUT2D eigenvalue weighted by Gasteiger charge is -2.21. The molecule has 5 heteroatoms. The predicted octanol–water partition coefficient (Wildman–Crippen LogP) is 2.42. The molecule has 0 atom stereocenters. The summed E-state index contributed by atoms with van der Waals surface area (Å²) < 4.78 is 4.63. The molecule has 0 spiro atoms. The number of carbonyl (C=O) groups excluding carboxylic acids is 1. The Morgan fingerprint density at radius 3 is 2.53 bits per heavy atom. The third-order valence-electron chi connectivity index (χ3n) is 2.44. The van der Waals surface area contributed by atoms with Crippen molar-refractivity contribution in [1.29, 1.82) is 0 Å². The molecule has 0 aliphatic carbocycles. The van der Waals surface area contributed by atoms with E-state index < -0.39 is 17.4 Å². The monoisotopic (exact) mass is 254 g/mol. The van der Waals surface area contributed by atoms with Gasteiger partial charge in [-0.15, -0.1) is 11.3 Å². The Bertz CT molecular complexity index is 443. The van der Waals surface area contributed by atoms with Crippen LogP contribution in [-0.2, 0) is 14.3 Å². The van der Waals surface area contributed by atoms with E-state index in [1.165, 1.54) is 32.3 Å². The summed E-state index contributed by atoms with van der Waals surface area (Å²) in [5, 5.41) is 11.0. The van der Waals surface area contributed by atoms with Crippen molar-refractivity contribution in [3.63, 3.8) is 0 Å². The molecule has 0 aromatic carbocycles. The average molecular weight is 254 g/mol. The second-order valence-corrected chi connectivity index (χ2v) is 4.97. The molecule has 0 amide bonds. The summed E-state index contributed by atoms with van der Waals surface area (Å²) in [6.45, 7) is 2.96. The number of carboxylic acid groups (broad SMARTS) is 1. The Hall–Kier alpha value is -1.62. The highest BCUT2D eigenvalue weighted by Gasteiger charge is 2.36. The molecule has 92 valence electrons. The molecular weight excluding hydrogens is 240 g/mol. The summed E-state index contributed by atoms with van der Waals surface area (Å²) in [4.78, 5) is 23.6. The fourth-order valence-electron chi connectivity index (χ4n) is 1.24. The van der Waals surface area contributed by atoms with Crippen LogP contribution in [0.5, 0.6) is 0 Å². The van der Waals surface area contributed by atoms with Crippen molar-refractivity contribution >= 4 is 29.4 Å². The molecule has 0 saturated carbocycles. The van der Waals surface area contributed by atoms with E-state index in [9.17, 15) is 9.59 Å². The van der Waals surface area contributed by atoms with E-state index in [1.54, 1.807) is 6.08 Å².